The Balaban J connectivity index is 1.20. The summed E-state index contributed by atoms with van der Waals surface area (Å²) in [5.74, 6) is -3.49. The van der Waals surface area contributed by atoms with Crippen molar-refractivity contribution >= 4 is 40.0 Å². The number of esters is 1. The zero-order valence-electron chi connectivity index (χ0n) is 23.8. The van der Waals surface area contributed by atoms with E-state index < -0.39 is 18.0 Å². The first kappa shape index (κ1) is 31.4. The largest absolute Gasteiger partial charge is 0.423 e. The molecule has 3 heterocycles. The van der Waals surface area contributed by atoms with E-state index in [4.69, 9.17) is 21.1 Å². The van der Waals surface area contributed by atoms with E-state index in [1.807, 2.05) is 0 Å². The Labute approximate surface area is 258 Å². The monoisotopic (exact) mass is 623 g/mol. The molecule has 4 aromatic rings. The van der Waals surface area contributed by atoms with Gasteiger partial charge in [-0.1, -0.05) is 23.7 Å². The van der Waals surface area contributed by atoms with E-state index >= 15 is 0 Å². The van der Waals surface area contributed by atoms with Crippen molar-refractivity contribution in [3.8, 4) is 5.75 Å². The molecule has 44 heavy (non-hydrogen) atoms. The Morgan fingerprint density at radius 2 is 2.00 bits per heavy atom. The highest BCUT2D eigenvalue weighted by molar-refractivity contribution is 6.31. The van der Waals surface area contributed by atoms with Crippen molar-refractivity contribution in [2.24, 2.45) is 0 Å². The number of benzene rings is 2. The molecule has 1 saturated heterocycles. The van der Waals surface area contributed by atoms with Gasteiger partial charge in [-0.3, -0.25) is 9.88 Å². The number of carbonyl (C=O) groups excluding carboxylic acids is 1. The van der Waals surface area contributed by atoms with Gasteiger partial charge in [0.15, 0.2) is 0 Å². The Hall–Kier alpha value is -4.03. The molecule has 0 radical (unpaired) electrons. The topological polar surface area (TPSA) is 110 Å². The van der Waals surface area contributed by atoms with Gasteiger partial charge in [0.05, 0.1) is 18.7 Å². The van der Waals surface area contributed by atoms with E-state index in [2.05, 4.69) is 25.2 Å². The van der Waals surface area contributed by atoms with Crippen LogP contribution in [-0.4, -0.2) is 69.7 Å². The normalized spacial score (nSPS) is 15.0. The third kappa shape index (κ3) is 8.54. The first-order valence-electron chi connectivity index (χ1n) is 14.3. The molecule has 0 amide bonds. The van der Waals surface area contributed by atoms with E-state index in [0.29, 0.717) is 70.7 Å². The SMILES string of the molecule is O=C(C=CC(F)(F)CCCCN1CCOCC1)Oc1ccc2ncnc(Nc3ccc(C(O)c4cccnc4)c(Cl)c3)c2c1. The molecule has 2 aromatic heterocycles. The average molecular weight is 624 g/mol. The van der Waals surface area contributed by atoms with Crippen LogP contribution in [-0.2, 0) is 9.53 Å². The molecule has 2 N–H and O–H groups in total. The number of unbranched alkanes of at least 4 members (excludes halogenated alkanes) is 1. The summed E-state index contributed by atoms with van der Waals surface area (Å²) >= 11 is 6.49. The molecule has 0 aliphatic carbocycles. The number of fused-ring (bicyclic) bond motifs is 1. The molecule has 230 valence electrons. The number of aromatic nitrogens is 3. The number of hydrogen-bond donors (Lipinski definition) is 2. The quantitative estimate of drug-likeness (QED) is 0.0837. The Morgan fingerprint density at radius 1 is 1.16 bits per heavy atom. The van der Waals surface area contributed by atoms with Crippen molar-refractivity contribution < 1.29 is 28.2 Å². The molecule has 1 fully saturated rings. The molecule has 1 aliphatic rings. The number of nitrogens with one attached hydrogen (secondary N) is 1. The standard InChI is InChI=1S/C32H32ClF2N5O4/c33-27-18-23(5-7-25(27)30(42)22-4-3-12-36-20-22)39-31-26-19-24(6-8-28(26)37-21-38-31)44-29(41)9-11-32(34,35)10-1-2-13-40-14-16-43-17-15-40/h3-9,11-12,18-21,30,42H,1-2,10,13-17H2,(H,37,38,39). The highest BCUT2D eigenvalue weighted by atomic mass is 35.5. The van der Waals surface area contributed by atoms with Crippen molar-refractivity contribution in [2.45, 2.75) is 31.3 Å². The molecule has 1 atom stereocenters. The van der Waals surface area contributed by atoms with Crippen LogP contribution in [0.2, 0.25) is 5.02 Å². The first-order chi connectivity index (χ1) is 21.3. The Kier molecular flexibility index (Phi) is 10.4. The summed E-state index contributed by atoms with van der Waals surface area (Å²) in [6.45, 7) is 3.74. The maximum atomic E-state index is 14.4. The van der Waals surface area contributed by atoms with E-state index in [0.717, 1.165) is 25.7 Å². The van der Waals surface area contributed by atoms with Crippen LogP contribution in [0, 0.1) is 0 Å². The second-order valence-electron chi connectivity index (χ2n) is 10.4. The van der Waals surface area contributed by atoms with E-state index in [1.165, 1.54) is 12.4 Å². The Morgan fingerprint density at radius 3 is 2.77 bits per heavy atom. The van der Waals surface area contributed by atoms with Crippen LogP contribution >= 0.6 is 11.6 Å². The van der Waals surface area contributed by atoms with Gasteiger partial charge in [0.1, 0.15) is 24.0 Å². The van der Waals surface area contributed by atoms with E-state index in [-0.39, 0.29) is 12.2 Å². The van der Waals surface area contributed by atoms with Crippen LogP contribution in [0.25, 0.3) is 10.9 Å². The molecule has 0 bridgehead atoms. The molecule has 0 spiro atoms. The third-order valence-electron chi connectivity index (χ3n) is 7.18. The van der Waals surface area contributed by atoms with Gasteiger partial charge in [-0.2, -0.15) is 0 Å². The molecule has 0 saturated carbocycles. The molecule has 5 rings (SSSR count). The molecule has 9 nitrogen and oxygen atoms in total. The molecular formula is C32H32ClF2N5O4. The van der Waals surface area contributed by atoms with Crippen molar-refractivity contribution in [2.75, 3.05) is 38.2 Å². The number of nitrogens with zero attached hydrogens (tertiary/aromatic N) is 4. The van der Waals surface area contributed by atoms with Crippen LogP contribution in [0.1, 0.15) is 36.5 Å². The summed E-state index contributed by atoms with van der Waals surface area (Å²) in [6.07, 6.45) is 5.61. The highest BCUT2D eigenvalue weighted by Crippen LogP contribution is 2.33. The third-order valence-corrected chi connectivity index (χ3v) is 7.51. The second kappa shape index (κ2) is 14.6. The van der Waals surface area contributed by atoms with Gasteiger partial charge in [0.2, 0.25) is 0 Å². The van der Waals surface area contributed by atoms with Crippen LogP contribution in [0.3, 0.4) is 0 Å². The molecule has 1 unspecified atom stereocenters. The molecular weight excluding hydrogens is 592 g/mol. The number of anilines is 2. The lowest BCUT2D eigenvalue weighted by molar-refractivity contribution is -0.129. The van der Waals surface area contributed by atoms with E-state index in [9.17, 15) is 18.7 Å². The number of halogens is 3. The summed E-state index contributed by atoms with van der Waals surface area (Å²) in [6, 6.07) is 13.3. The van der Waals surface area contributed by atoms with Crippen LogP contribution in [0.5, 0.6) is 5.75 Å². The minimum absolute atomic E-state index is 0.145. The number of aliphatic hydroxyl groups excluding tert-OH is 1. The van der Waals surface area contributed by atoms with Crippen molar-refractivity contribution in [1.82, 2.24) is 19.9 Å². The number of allylic oxidation sites excluding steroid dienone is 1. The van der Waals surface area contributed by atoms with Gasteiger partial charge in [-0.05, 0) is 61.9 Å². The van der Waals surface area contributed by atoms with Gasteiger partial charge in [0, 0.05) is 65.2 Å². The number of rotatable bonds is 12. The van der Waals surface area contributed by atoms with Gasteiger partial charge in [-0.15, -0.1) is 0 Å². The minimum atomic E-state index is -3.12. The lowest BCUT2D eigenvalue weighted by Gasteiger charge is -2.26. The fraction of sp³-hybridized carbons (Fsp3) is 0.312. The number of morpholine rings is 1. The summed E-state index contributed by atoms with van der Waals surface area (Å²) in [4.78, 5) is 27.2. The number of alkyl halides is 2. The maximum absolute atomic E-state index is 14.4. The number of hydrogen-bond acceptors (Lipinski definition) is 9. The number of ether oxygens (including phenoxy) is 2. The number of carbonyl (C=O) groups is 1. The fourth-order valence-electron chi connectivity index (χ4n) is 4.82. The van der Waals surface area contributed by atoms with Crippen LogP contribution in [0.15, 0.2) is 79.4 Å². The summed E-state index contributed by atoms with van der Waals surface area (Å²) in [5, 5.41) is 14.8. The van der Waals surface area contributed by atoms with Crippen molar-refractivity contribution in [3.63, 3.8) is 0 Å². The van der Waals surface area contributed by atoms with Crippen LogP contribution < -0.4 is 10.1 Å². The number of aliphatic hydroxyl groups is 1. The second-order valence-corrected chi connectivity index (χ2v) is 10.8. The van der Waals surface area contributed by atoms with Gasteiger partial charge >= 0.3 is 5.97 Å². The zero-order chi connectivity index (χ0) is 30.9. The summed E-state index contributed by atoms with van der Waals surface area (Å²) in [7, 11) is 0. The van der Waals surface area contributed by atoms with E-state index in [1.54, 1.807) is 54.9 Å². The molecule has 1 aliphatic heterocycles. The fourth-order valence-corrected chi connectivity index (χ4v) is 5.11. The lowest BCUT2D eigenvalue weighted by atomic mass is 10.0. The van der Waals surface area contributed by atoms with Gasteiger partial charge < -0.3 is 19.9 Å². The smallest absolute Gasteiger partial charge is 0.336 e. The first-order valence-corrected chi connectivity index (χ1v) is 14.6. The van der Waals surface area contributed by atoms with Crippen molar-refractivity contribution in [1.29, 1.82) is 0 Å². The maximum Gasteiger partial charge on any atom is 0.336 e. The minimum Gasteiger partial charge on any atom is -0.423 e. The average Bonchev–Trinajstić information content (AvgIpc) is 3.03. The summed E-state index contributed by atoms with van der Waals surface area (Å²) < 4.78 is 39.3. The Bertz CT molecular complexity index is 1600. The highest BCUT2D eigenvalue weighted by Gasteiger charge is 2.25. The lowest BCUT2D eigenvalue weighted by Crippen LogP contribution is -2.36. The predicted octanol–water partition coefficient (Wildman–Crippen LogP) is 6.10. The van der Waals surface area contributed by atoms with Crippen LogP contribution in [0.4, 0.5) is 20.3 Å². The summed E-state index contributed by atoms with van der Waals surface area (Å²) in [5.41, 5.74) is 2.28. The molecule has 12 heteroatoms. The van der Waals surface area contributed by atoms with Crippen molar-refractivity contribution in [3.05, 3.63) is 95.6 Å². The number of pyridine rings is 1. The van der Waals surface area contributed by atoms with Gasteiger partial charge in [0.25, 0.3) is 5.92 Å². The molecule has 2 aromatic carbocycles. The predicted molar refractivity (Wildman–Crippen MR) is 163 cm³/mol. The zero-order valence-corrected chi connectivity index (χ0v) is 24.6. The van der Waals surface area contributed by atoms with Gasteiger partial charge in [-0.25, -0.2) is 23.5 Å².